The molecular weight excluding hydrogens is 320 g/mol. The van der Waals surface area contributed by atoms with Gasteiger partial charge in [0, 0.05) is 51.7 Å². The molecule has 0 saturated carbocycles. The number of rotatable bonds is 4. The Bertz CT molecular complexity index is 796. The second-order valence-electron chi connectivity index (χ2n) is 6.83. The number of nitrogens with zero attached hydrogens (tertiary/aromatic N) is 6. The highest BCUT2D eigenvalue weighted by atomic mass is 16.2. The molecule has 25 heavy (non-hydrogen) atoms. The van der Waals surface area contributed by atoms with E-state index >= 15 is 0 Å². The molecule has 2 aromatic heterocycles. The van der Waals surface area contributed by atoms with Crippen LogP contribution in [-0.4, -0.2) is 66.5 Å². The summed E-state index contributed by atoms with van der Waals surface area (Å²) in [6.45, 7) is 2.00. The minimum atomic E-state index is -0.168. The van der Waals surface area contributed by atoms with E-state index in [2.05, 4.69) is 15.1 Å². The van der Waals surface area contributed by atoms with Gasteiger partial charge in [0.2, 0.25) is 5.91 Å². The quantitative estimate of drug-likeness (QED) is 0.798. The normalized spacial score (nSPS) is 18.0. The lowest BCUT2D eigenvalue weighted by Gasteiger charge is -2.62. The van der Waals surface area contributed by atoms with Crippen molar-refractivity contribution in [3.05, 3.63) is 42.2 Å². The Morgan fingerprint density at radius 2 is 1.96 bits per heavy atom. The molecule has 4 heterocycles. The zero-order valence-electron chi connectivity index (χ0n) is 14.1. The first-order valence-corrected chi connectivity index (χ1v) is 8.40. The molecule has 2 aliphatic rings. The highest BCUT2D eigenvalue weighted by Crippen LogP contribution is 2.40. The molecule has 8 nitrogen and oxygen atoms in total. The van der Waals surface area contributed by atoms with Gasteiger partial charge in [0.15, 0.2) is 0 Å². The van der Waals surface area contributed by atoms with Gasteiger partial charge in [0.25, 0.3) is 5.91 Å². The minimum absolute atomic E-state index is 0.00730. The molecule has 2 aliphatic heterocycles. The zero-order valence-corrected chi connectivity index (χ0v) is 14.1. The van der Waals surface area contributed by atoms with E-state index in [1.165, 1.54) is 6.33 Å². The number of carbonyl (C=O) groups is 2. The smallest absolute Gasteiger partial charge is 0.257 e. The van der Waals surface area contributed by atoms with Crippen LogP contribution in [0.5, 0.6) is 0 Å². The molecule has 4 rings (SSSR count). The fourth-order valence-electron chi connectivity index (χ4n) is 3.58. The molecule has 0 N–H and O–H groups in total. The van der Waals surface area contributed by atoms with Crippen LogP contribution < -0.4 is 0 Å². The number of aryl methyl sites for hydroxylation is 2. The van der Waals surface area contributed by atoms with E-state index in [1.54, 1.807) is 36.5 Å². The molecule has 0 radical (unpaired) electrons. The van der Waals surface area contributed by atoms with Crippen molar-refractivity contribution in [2.45, 2.75) is 24.8 Å². The van der Waals surface area contributed by atoms with Crippen LogP contribution in [0, 0.1) is 0 Å². The van der Waals surface area contributed by atoms with E-state index in [9.17, 15) is 9.59 Å². The number of aromatic nitrogens is 4. The van der Waals surface area contributed by atoms with Gasteiger partial charge >= 0.3 is 0 Å². The van der Waals surface area contributed by atoms with Gasteiger partial charge in [-0.05, 0) is 18.4 Å². The first-order valence-electron chi connectivity index (χ1n) is 8.40. The van der Waals surface area contributed by atoms with Crippen LogP contribution in [0.25, 0.3) is 0 Å². The number of likely N-dealkylation sites (tertiary alicyclic amines) is 2. The van der Waals surface area contributed by atoms with E-state index < -0.39 is 0 Å². The number of hydrogen-bond acceptors (Lipinski definition) is 5. The van der Waals surface area contributed by atoms with Crippen molar-refractivity contribution < 1.29 is 9.59 Å². The Morgan fingerprint density at radius 3 is 2.56 bits per heavy atom. The van der Waals surface area contributed by atoms with Crippen LogP contribution >= 0.6 is 0 Å². The van der Waals surface area contributed by atoms with Crippen molar-refractivity contribution >= 4 is 11.8 Å². The molecule has 8 heteroatoms. The molecule has 0 aliphatic carbocycles. The molecule has 2 fully saturated rings. The van der Waals surface area contributed by atoms with Gasteiger partial charge in [-0.3, -0.25) is 14.3 Å². The van der Waals surface area contributed by atoms with E-state index in [0.29, 0.717) is 31.5 Å². The number of amides is 2. The topological polar surface area (TPSA) is 84.2 Å². The Hall–Kier alpha value is -2.77. The molecule has 0 bridgehead atoms. The summed E-state index contributed by atoms with van der Waals surface area (Å²) < 4.78 is 1.63. The predicted molar refractivity (Wildman–Crippen MR) is 88.5 cm³/mol. The van der Waals surface area contributed by atoms with Gasteiger partial charge in [0.05, 0.1) is 17.3 Å². The summed E-state index contributed by atoms with van der Waals surface area (Å²) in [4.78, 5) is 36.6. The van der Waals surface area contributed by atoms with Crippen LogP contribution in [-0.2, 0) is 18.3 Å². The summed E-state index contributed by atoms with van der Waals surface area (Å²) >= 11 is 0. The fourth-order valence-corrected chi connectivity index (χ4v) is 3.58. The van der Waals surface area contributed by atoms with Crippen molar-refractivity contribution in [3.63, 3.8) is 0 Å². The maximum atomic E-state index is 12.6. The van der Waals surface area contributed by atoms with Gasteiger partial charge in [0.1, 0.15) is 6.33 Å². The van der Waals surface area contributed by atoms with Crippen LogP contribution in [0.4, 0.5) is 0 Å². The van der Waals surface area contributed by atoms with Crippen molar-refractivity contribution in [2.24, 2.45) is 7.05 Å². The summed E-state index contributed by atoms with van der Waals surface area (Å²) in [7, 11) is 1.80. The molecule has 2 saturated heterocycles. The largest absolute Gasteiger partial charge is 0.338 e. The summed E-state index contributed by atoms with van der Waals surface area (Å²) in [6, 6.07) is 0. The van der Waals surface area contributed by atoms with E-state index in [1.807, 2.05) is 9.80 Å². The predicted octanol–water partition coefficient (Wildman–Crippen LogP) is 0.270. The van der Waals surface area contributed by atoms with E-state index in [0.717, 1.165) is 18.5 Å². The third kappa shape index (κ3) is 2.77. The van der Waals surface area contributed by atoms with Gasteiger partial charge < -0.3 is 9.80 Å². The van der Waals surface area contributed by atoms with Crippen molar-refractivity contribution in [2.75, 3.05) is 19.6 Å². The minimum Gasteiger partial charge on any atom is -0.338 e. The maximum absolute atomic E-state index is 12.6. The molecule has 0 atom stereocenters. The van der Waals surface area contributed by atoms with Gasteiger partial charge in [-0.1, -0.05) is 0 Å². The molecule has 2 aromatic rings. The zero-order chi connectivity index (χ0) is 17.4. The Labute approximate surface area is 145 Å². The van der Waals surface area contributed by atoms with Crippen molar-refractivity contribution in [3.8, 4) is 0 Å². The average Bonchev–Trinajstić information content (AvgIpc) is 2.98. The number of carbonyl (C=O) groups excluding carboxylic acids is 2. The Morgan fingerprint density at radius 1 is 1.20 bits per heavy atom. The first-order chi connectivity index (χ1) is 12.1. The van der Waals surface area contributed by atoms with Crippen LogP contribution in [0.3, 0.4) is 0 Å². The lowest BCUT2D eigenvalue weighted by molar-refractivity contribution is -0.154. The third-order valence-electron chi connectivity index (χ3n) is 5.13. The van der Waals surface area contributed by atoms with Crippen LogP contribution in [0.15, 0.2) is 31.1 Å². The Balaban J connectivity index is 1.31. The summed E-state index contributed by atoms with van der Waals surface area (Å²) in [5.74, 6) is 0.128. The highest BCUT2D eigenvalue weighted by Gasteiger charge is 2.56. The molecule has 1 spiro atoms. The second kappa shape index (κ2) is 5.94. The van der Waals surface area contributed by atoms with E-state index in [4.69, 9.17) is 0 Å². The fraction of sp³-hybridized carbons (Fsp3) is 0.471. The molecular formula is C17H20N6O2. The van der Waals surface area contributed by atoms with E-state index in [-0.39, 0.29) is 17.4 Å². The standard InChI is InChI=1S/C17H20N6O2/c1-21-9-14(8-20-21)16(25)23-5-4-17(23)10-22(11-17)15(24)3-2-13-6-18-12-19-7-13/h6-9,12H,2-5,10-11H2,1H3. The highest BCUT2D eigenvalue weighted by molar-refractivity contribution is 5.95. The summed E-state index contributed by atoms with van der Waals surface area (Å²) in [5, 5.41) is 4.06. The first kappa shape index (κ1) is 15.7. The van der Waals surface area contributed by atoms with Gasteiger partial charge in [-0.15, -0.1) is 0 Å². The van der Waals surface area contributed by atoms with Crippen LogP contribution in [0.2, 0.25) is 0 Å². The van der Waals surface area contributed by atoms with Crippen molar-refractivity contribution in [1.82, 2.24) is 29.5 Å². The Kier molecular flexibility index (Phi) is 3.74. The summed E-state index contributed by atoms with van der Waals surface area (Å²) in [5.41, 5.74) is 1.40. The molecule has 2 amide bonds. The average molecular weight is 340 g/mol. The third-order valence-corrected chi connectivity index (χ3v) is 5.13. The van der Waals surface area contributed by atoms with Gasteiger partial charge in [-0.2, -0.15) is 5.10 Å². The maximum Gasteiger partial charge on any atom is 0.257 e. The van der Waals surface area contributed by atoms with Crippen molar-refractivity contribution in [1.29, 1.82) is 0 Å². The second-order valence-corrected chi connectivity index (χ2v) is 6.83. The summed E-state index contributed by atoms with van der Waals surface area (Å²) in [6.07, 6.45) is 10.3. The lowest BCUT2D eigenvalue weighted by atomic mass is 9.76. The molecule has 0 aromatic carbocycles. The monoisotopic (exact) mass is 340 g/mol. The lowest BCUT2D eigenvalue weighted by Crippen LogP contribution is -2.78. The SMILES string of the molecule is Cn1cc(C(=O)N2CCC23CN(C(=O)CCc2cncnc2)C3)cn1. The molecule has 0 unspecified atom stereocenters. The number of hydrogen-bond donors (Lipinski definition) is 0. The van der Waals surface area contributed by atoms with Crippen LogP contribution in [0.1, 0.15) is 28.8 Å². The van der Waals surface area contributed by atoms with Gasteiger partial charge in [-0.25, -0.2) is 9.97 Å². The molecule has 130 valence electrons.